The second-order valence-electron chi connectivity index (χ2n) is 3.78. The Balaban J connectivity index is 2.27. The Labute approximate surface area is 108 Å². The van der Waals surface area contributed by atoms with E-state index in [0.29, 0.717) is 15.7 Å². The third-order valence-corrected chi connectivity index (χ3v) is 3.35. The second-order valence-corrected chi connectivity index (χ2v) is 4.78. The maximum absolute atomic E-state index is 13.8. The largest absolute Gasteiger partial charge is 0.436 e. The predicted molar refractivity (Wildman–Crippen MR) is 67.5 cm³/mol. The van der Waals surface area contributed by atoms with Gasteiger partial charge in [0.05, 0.1) is 10.6 Å². The zero-order chi connectivity index (χ0) is 13.3. The molecule has 2 aromatic rings. The molecule has 4 nitrogen and oxygen atoms in total. The lowest BCUT2D eigenvalue weighted by molar-refractivity contribution is 0.430. The van der Waals surface area contributed by atoms with Gasteiger partial charge in [0.15, 0.2) is 0 Å². The molecule has 0 unspecified atom stereocenters. The first-order chi connectivity index (χ1) is 8.47. The van der Waals surface area contributed by atoms with Crippen LogP contribution in [0.4, 0.5) is 4.39 Å². The first-order valence-corrected chi connectivity index (χ1v) is 6.05. The van der Waals surface area contributed by atoms with Gasteiger partial charge in [0, 0.05) is 5.56 Å². The van der Waals surface area contributed by atoms with E-state index in [9.17, 15) is 4.39 Å². The molecule has 3 N–H and O–H groups in total. The fourth-order valence-corrected chi connectivity index (χ4v) is 2.16. The van der Waals surface area contributed by atoms with Crippen LogP contribution in [-0.2, 0) is 0 Å². The number of nitrogens with two attached hydrogens (primary N) is 1. The van der Waals surface area contributed by atoms with Crippen LogP contribution < -0.4 is 5.73 Å². The third kappa shape index (κ3) is 2.53. The molecule has 1 aromatic heterocycles. The van der Waals surface area contributed by atoms with E-state index in [4.69, 9.17) is 15.6 Å². The number of hydrogen-bond acceptors (Lipinski definition) is 4. The highest BCUT2D eigenvalue weighted by Crippen LogP contribution is 2.30. The summed E-state index contributed by atoms with van der Waals surface area (Å²) in [5.74, 6) is 0.118. The molecule has 18 heavy (non-hydrogen) atoms. The van der Waals surface area contributed by atoms with Gasteiger partial charge in [-0.25, -0.2) is 9.37 Å². The summed E-state index contributed by atoms with van der Waals surface area (Å²) in [5, 5.41) is 7.63. The molecule has 0 atom stereocenters. The molecule has 1 heterocycles. The number of aromatic nitrogens is 1. The van der Waals surface area contributed by atoms with Gasteiger partial charge in [0.1, 0.15) is 17.4 Å². The minimum Gasteiger partial charge on any atom is -0.436 e. The van der Waals surface area contributed by atoms with E-state index in [1.807, 2.05) is 13.8 Å². The van der Waals surface area contributed by atoms with Gasteiger partial charge in [-0.1, -0.05) is 0 Å². The average Bonchev–Trinajstić information content (AvgIpc) is 2.61. The van der Waals surface area contributed by atoms with Gasteiger partial charge in [0.2, 0.25) is 0 Å². The molecule has 0 saturated heterocycles. The predicted octanol–water partition coefficient (Wildman–Crippen LogP) is 2.87. The molecule has 6 heteroatoms. The summed E-state index contributed by atoms with van der Waals surface area (Å²) in [4.78, 5) is 4.56. The quantitative estimate of drug-likeness (QED) is 0.661. The Morgan fingerprint density at radius 3 is 2.67 bits per heavy atom. The van der Waals surface area contributed by atoms with E-state index in [2.05, 4.69) is 4.98 Å². The third-order valence-electron chi connectivity index (χ3n) is 2.45. The lowest BCUT2D eigenvalue weighted by Crippen LogP contribution is -2.11. The molecule has 0 radical (unpaired) electrons. The minimum atomic E-state index is -0.443. The number of benzene rings is 1. The number of oxazole rings is 1. The average molecular weight is 265 g/mol. The van der Waals surface area contributed by atoms with E-state index in [1.54, 1.807) is 12.1 Å². The molecule has 0 fully saturated rings. The normalized spacial score (nSPS) is 10.6. The van der Waals surface area contributed by atoms with Crippen molar-refractivity contribution in [3.63, 3.8) is 0 Å². The van der Waals surface area contributed by atoms with Crippen LogP contribution in [0.3, 0.4) is 0 Å². The van der Waals surface area contributed by atoms with E-state index in [0.717, 1.165) is 23.2 Å². The van der Waals surface area contributed by atoms with Crippen LogP contribution in [-0.4, -0.2) is 10.8 Å². The standard InChI is InChI=1S/C12H12FN3OS/c1-6-7(2)17-12(16-6)18-10-4-3-8(11(14)15)5-9(10)13/h3-5H,1-2H3,(H3,14,15). The van der Waals surface area contributed by atoms with Crippen molar-refractivity contribution in [2.75, 3.05) is 0 Å². The molecular weight excluding hydrogens is 253 g/mol. The van der Waals surface area contributed by atoms with E-state index in [1.165, 1.54) is 6.07 Å². The van der Waals surface area contributed by atoms with Crippen molar-refractivity contribution < 1.29 is 8.81 Å². The Morgan fingerprint density at radius 1 is 1.44 bits per heavy atom. The lowest BCUT2D eigenvalue weighted by atomic mass is 10.2. The van der Waals surface area contributed by atoms with Crippen molar-refractivity contribution in [3.8, 4) is 0 Å². The molecule has 0 amide bonds. The van der Waals surface area contributed by atoms with Crippen molar-refractivity contribution in [3.05, 3.63) is 41.0 Å². The topological polar surface area (TPSA) is 75.9 Å². The highest BCUT2D eigenvalue weighted by molar-refractivity contribution is 7.99. The fraction of sp³-hybridized carbons (Fsp3) is 0.167. The number of aryl methyl sites for hydroxylation is 2. The highest BCUT2D eigenvalue weighted by Gasteiger charge is 2.11. The van der Waals surface area contributed by atoms with Crippen LogP contribution in [0, 0.1) is 25.1 Å². The van der Waals surface area contributed by atoms with Crippen LogP contribution in [0.1, 0.15) is 17.0 Å². The number of halogens is 1. The number of nitrogen functional groups attached to an aromatic ring is 1. The van der Waals surface area contributed by atoms with Gasteiger partial charge in [-0.15, -0.1) is 0 Å². The Bertz CT molecular complexity index is 590. The van der Waals surface area contributed by atoms with Crippen molar-refractivity contribution in [2.24, 2.45) is 5.73 Å². The maximum Gasteiger partial charge on any atom is 0.261 e. The van der Waals surface area contributed by atoms with Crippen molar-refractivity contribution in [1.29, 1.82) is 5.41 Å². The number of rotatable bonds is 3. The van der Waals surface area contributed by atoms with Crippen molar-refractivity contribution in [1.82, 2.24) is 4.98 Å². The molecule has 0 spiro atoms. The van der Waals surface area contributed by atoms with E-state index < -0.39 is 5.82 Å². The zero-order valence-electron chi connectivity index (χ0n) is 9.95. The SMILES string of the molecule is Cc1nc(Sc2ccc(C(=N)N)cc2F)oc1C. The summed E-state index contributed by atoms with van der Waals surface area (Å²) in [6, 6.07) is 4.38. The van der Waals surface area contributed by atoms with Crippen LogP contribution in [0.25, 0.3) is 0 Å². The summed E-state index contributed by atoms with van der Waals surface area (Å²) in [5.41, 5.74) is 6.44. The smallest absolute Gasteiger partial charge is 0.261 e. The van der Waals surface area contributed by atoms with Crippen LogP contribution in [0.5, 0.6) is 0 Å². The maximum atomic E-state index is 13.8. The van der Waals surface area contributed by atoms with Crippen LogP contribution >= 0.6 is 11.8 Å². The fourth-order valence-electron chi connectivity index (χ4n) is 1.33. The number of amidine groups is 1. The Hall–Kier alpha value is -1.82. The summed E-state index contributed by atoms with van der Waals surface area (Å²) in [6.45, 7) is 3.64. The zero-order valence-corrected chi connectivity index (χ0v) is 10.8. The molecule has 0 bridgehead atoms. The summed E-state index contributed by atoms with van der Waals surface area (Å²) >= 11 is 1.11. The Morgan fingerprint density at radius 2 is 2.17 bits per heavy atom. The van der Waals surface area contributed by atoms with Gasteiger partial charge in [0.25, 0.3) is 5.22 Å². The summed E-state index contributed by atoms with van der Waals surface area (Å²) < 4.78 is 19.1. The highest BCUT2D eigenvalue weighted by atomic mass is 32.2. The Kier molecular flexibility index (Phi) is 3.38. The number of hydrogen-bond donors (Lipinski definition) is 2. The molecule has 1 aromatic carbocycles. The summed E-state index contributed by atoms with van der Waals surface area (Å²) in [7, 11) is 0. The molecular formula is C12H12FN3OS. The van der Waals surface area contributed by atoms with Crippen LogP contribution in [0.15, 0.2) is 32.7 Å². The van der Waals surface area contributed by atoms with Crippen molar-refractivity contribution >= 4 is 17.6 Å². The summed E-state index contributed by atoms with van der Waals surface area (Å²) in [6.07, 6.45) is 0. The molecule has 0 aliphatic heterocycles. The molecule has 2 rings (SSSR count). The van der Waals surface area contributed by atoms with Gasteiger partial charge >= 0.3 is 0 Å². The van der Waals surface area contributed by atoms with Crippen LogP contribution in [0.2, 0.25) is 0 Å². The van der Waals surface area contributed by atoms with E-state index in [-0.39, 0.29) is 5.84 Å². The van der Waals surface area contributed by atoms with E-state index >= 15 is 0 Å². The van der Waals surface area contributed by atoms with Gasteiger partial charge in [-0.05, 0) is 43.8 Å². The minimum absolute atomic E-state index is 0.159. The molecule has 0 saturated carbocycles. The molecule has 0 aliphatic carbocycles. The molecule has 0 aliphatic rings. The van der Waals surface area contributed by atoms with Gasteiger partial charge < -0.3 is 10.2 Å². The first-order valence-electron chi connectivity index (χ1n) is 5.23. The molecule has 94 valence electrons. The lowest BCUT2D eigenvalue weighted by Gasteiger charge is -2.02. The monoisotopic (exact) mass is 265 g/mol. The van der Waals surface area contributed by atoms with Gasteiger partial charge in [-0.2, -0.15) is 0 Å². The van der Waals surface area contributed by atoms with Crippen molar-refractivity contribution in [2.45, 2.75) is 24.0 Å². The second kappa shape index (κ2) is 4.81. The van der Waals surface area contributed by atoms with Gasteiger partial charge in [-0.3, -0.25) is 5.41 Å². The first kappa shape index (κ1) is 12.6. The number of nitrogens with one attached hydrogen (secondary N) is 1. The number of nitrogens with zero attached hydrogens (tertiary/aromatic N) is 1.